The molecule has 6 heteroatoms. The zero-order chi connectivity index (χ0) is 24.2. The van der Waals surface area contributed by atoms with Crippen LogP contribution in [-0.4, -0.2) is 33.1 Å². The van der Waals surface area contributed by atoms with Crippen LogP contribution in [0.25, 0.3) is 21.8 Å². The average molecular weight is 449 g/mol. The van der Waals surface area contributed by atoms with Crippen molar-refractivity contribution in [3.8, 4) is 0 Å². The summed E-state index contributed by atoms with van der Waals surface area (Å²) < 4.78 is 0. The van der Waals surface area contributed by atoms with E-state index >= 15 is 0 Å². The topological polar surface area (TPSA) is 121 Å². The van der Waals surface area contributed by atoms with Crippen LogP contribution in [0, 0.1) is 0 Å². The summed E-state index contributed by atoms with van der Waals surface area (Å²) in [5.41, 5.74) is 16.3. The Morgan fingerprint density at radius 1 is 0.909 bits per heavy atom. The number of carboxylic acids is 1. The number of carboxylic acid groups (broad SMARTS) is 1. The Morgan fingerprint density at radius 2 is 1.36 bits per heavy atom. The van der Waals surface area contributed by atoms with E-state index in [1.165, 1.54) is 16.5 Å². The van der Waals surface area contributed by atoms with Crippen LogP contribution in [-0.2, 0) is 17.6 Å². The molecule has 2 heterocycles. The second-order valence-electron chi connectivity index (χ2n) is 7.77. The van der Waals surface area contributed by atoms with E-state index in [1.807, 2.05) is 62.6 Å². The van der Waals surface area contributed by atoms with Gasteiger partial charge in [-0.15, -0.1) is 6.58 Å². The van der Waals surface area contributed by atoms with Gasteiger partial charge < -0.3 is 26.5 Å². The van der Waals surface area contributed by atoms with Crippen molar-refractivity contribution >= 4 is 27.8 Å². The summed E-state index contributed by atoms with van der Waals surface area (Å²) in [6.45, 7) is 7.70. The maximum atomic E-state index is 10.5. The Kier molecular flexibility index (Phi) is 10.4. The lowest BCUT2D eigenvalue weighted by molar-refractivity contribution is -0.137. The van der Waals surface area contributed by atoms with Crippen LogP contribution in [0.15, 0.2) is 73.6 Å². The van der Waals surface area contributed by atoms with Crippen molar-refractivity contribution in [3.63, 3.8) is 0 Å². The second kappa shape index (κ2) is 13.3. The molecule has 2 aromatic heterocycles. The lowest BCUT2D eigenvalue weighted by Gasteiger charge is -2.07. The number of para-hydroxylation sites is 2. The maximum Gasteiger partial charge on any atom is 0.304 e. The monoisotopic (exact) mass is 448 g/mol. The molecule has 1 unspecified atom stereocenters. The third-order valence-corrected chi connectivity index (χ3v) is 5.22. The number of aromatic amines is 2. The molecule has 0 amide bonds. The quantitative estimate of drug-likeness (QED) is 0.239. The summed E-state index contributed by atoms with van der Waals surface area (Å²) in [6.07, 6.45) is 8.16. The van der Waals surface area contributed by atoms with Gasteiger partial charge in [-0.05, 0) is 42.5 Å². The first-order chi connectivity index (χ1) is 16.0. The number of rotatable bonds is 8. The summed E-state index contributed by atoms with van der Waals surface area (Å²) in [4.78, 5) is 16.9. The number of carbonyl (C=O) groups is 1. The number of hydrogen-bond donors (Lipinski definition) is 5. The molecule has 0 saturated carbocycles. The van der Waals surface area contributed by atoms with E-state index < -0.39 is 5.97 Å². The van der Waals surface area contributed by atoms with Crippen molar-refractivity contribution in [1.29, 1.82) is 0 Å². The number of nitrogens with two attached hydrogens (primary N) is 2. The molecule has 4 aromatic rings. The highest BCUT2D eigenvalue weighted by atomic mass is 16.4. The van der Waals surface area contributed by atoms with Gasteiger partial charge in [0.2, 0.25) is 0 Å². The van der Waals surface area contributed by atoms with Crippen LogP contribution in [0.3, 0.4) is 0 Å². The maximum absolute atomic E-state index is 10.5. The molecule has 0 aliphatic carbocycles. The smallest absolute Gasteiger partial charge is 0.304 e. The highest BCUT2D eigenvalue weighted by Gasteiger charge is 2.11. The van der Waals surface area contributed by atoms with E-state index in [2.05, 4.69) is 34.7 Å². The van der Waals surface area contributed by atoms with Gasteiger partial charge >= 0.3 is 5.97 Å². The van der Waals surface area contributed by atoms with Gasteiger partial charge in [0, 0.05) is 46.3 Å². The number of nitrogens with one attached hydrogen (secondary N) is 2. The van der Waals surface area contributed by atoms with Gasteiger partial charge in [0.15, 0.2) is 0 Å². The molecule has 0 fully saturated rings. The molecule has 0 bridgehead atoms. The van der Waals surface area contributed by atoms with Gasteiger partial charge in [-0.1, -0.05) is 56.3 Å². The Morgan fingerprint density at radius 3 is 1.82 bits per heavy atom. The fraction of sp³-hybridized carbons (Fsp3) is 0.296. The molecule has 4 rings (SSSR count). The lowest BCUT2D eigenvalue weighted by Crippen LogP contribution is -2.25. The summed E-state index contributed by atoms with van der Waals surface area (Å²) in [5.74, 6) is -0.854. The van der Waals surface area contributed by atoms with Gasteiger partial charge in [-0.3, -0.25) is 4.79 Å². The molecule has 0 aliphatic rings. The van der Waals surface area contributed by atoms with E-state index in [-0.39, 0.29) is 18.5 Å². The molecular formula is C27H36N4O2. The summed E-state index contributed by atoms with van der Waals surface area (Å²) in [5, 5.41) is 11.0. The number of hydrogen-bond acceptors (Lipinski definition) is 3. The van der Waals surface area contributed by atoms with Crippen LogP contribution in [0.4, 0.5) is 0 Å². The van der Waals surface area contributed by atoms with Crippen LogP contribution >= 0.6 is 0 Å². The summed E-state index contributed by atoms with van der Waals surface area (Å²) >= 11 is 0. The molecule has 0 spiro atoms. The second-order valence-corrected chi connectivity index (χ2v) is 7.77. The van der Waals surface area contributed by atoms with E-state index in [4.69, 9.17) is 16.6 Å². The Balaban J connectivity index is 0.000000218. The molecular weight excluding hydrogens is 412 g/mol. The Labute approximate surface area is 195 Å². The number of fused-ring (bicyclic) bond motifs is 2. The van der Waals surface area contributed by atoms with Crippen molar-refractivity contribution in [2.75, 3.05) is 0 Å². The highest BCUT2D eigenvalue weighted by molar-refractivity contribution is 5.83. The molecule has 6 nitrogen and oxygen atoms in total. The van der Waals surface area contributed by atoms with Crippen LogP contribution in [0.5, 0.6) is 0 Å². The minimum atomic E-state index is -0.854. The third kappa shape index (κ3) is 7.63. The van der Waals surface area contributed by atoms with Crippen molar-refractivity contribution < 1.29 is 9.90 Å². The lowest BCUT2D eigenvalue weighted by atomic mass is 10.0. The predicted molar refractivity (Wildman–Crippen MR) is 138 cm³/mol. The van der Waals surface area contributed by atoms with Gasteiger partial charge in [0.1, 0.15) is 0 Å². The number of aliphatic carboxylic acids is 1. The first-order valence-electron chi connectivity index (χ1n) is 11.4. The molecule has 0 radical (unpaired) electrons. The zero-order valence-corrected chi connectivity index (χ0v) is 19.6. The van der Waals surface area contributed by atoms with Crippen molar-refractivity contribution in [2.45, 2.75) is 51.6 Å². The largest absolute Gasteiger partial charge is 0.481 e. The zero-order valence-electron chi connectivity index (χ0n) is 19.6. The third-order valence-electron chi connectivity index (χ3n) is 5.22. The first-order valence-corrected chi connectivity index (χ1v) is 11.4. The van der Waals surface area contributed by atoms with E-state index in [0.717, 1.165) is 29.3 Å². The minimum absolute atomic E-state index is 0.000489. The van der Waals surface area contributed by atoms with Crippen molar-refractivity contribution in [1.82, 2.24) is 9.97 Å². The van der Waals surface area contributed by atoms with E-state index in [0.29, 0.717) is 6.42 Å². The van der Waals surface area contributed by atoms with Gasteiger partial charge in [-0.2, -0.15) is 0 Å². The van der Waals surface area contributed by atoms with Gasteiger partial charge in [0.25, 0.3) is 0 Å². The van der Waals surface area contributed by atoms with E-state index in [9.17, 15) is 4.79 Å². The number of benzene rings is 2. The Hall–Kier alpha value is -3.35. The summed E-state index contributed by atoms with van der Waals surface area (Å²) in [7, 11) is 0. The van der Waals surface area contributed by atoms with Crippen molar-refractivity contribution in [2.24, 2.45) is 11.5 Å². The average Bonchev–Trinajstić information content (AvgIpc) is 3.40. The van der Waals surface area contributed by atoms with Crippen LogP contribution in [0.1, 0.15) is 37.8 Å². The molecule has 2 aromatic carbocycles. The van der Waals surface area contributed by atoms with Crippen molar-refractivity contribution in [3.05, 3.63) is 84.7 Å². The normalized spacial score (nSPS) is 12.2. The standard InChI is InChI=1S/C13H16N2.C12H14N2O2.C2H6/c1-2-5-11(14)8-10-9-15-13-7-4-3-6-12(10)13;13-9(6-12(15)16)5-8-7-14-11-4-2-1-3-10(8)11;1-2/h2-4,6-7,9,11,15H,1,5,8,14H2;1-4,7,9,14H,5-6,13H2,(H,15,16);1-2H3/t11-;;/m1../s1. The molecule has 2 atom stereocenters. The fourth-order valence-electron chi connectivity index (χ4n) is 3.76. The van der Waals surface area contributed by atoms with Crippen LogP contribution in [0.2, 0.25) is 0 Å². The van der Waals surface area contributed by atoms with E-state index in [1.54, 1.807) is 0 Å². The van der Waals surface area contributed by atoms with Crippen LogP contribution < -0.4 is 11.5 Å². The number of aromatic nitrogens is 2. The first kappa shape index (κ1) is 25.9. The SMILES string of the molecule is C=CC[C@@H](N)Cc1c[nH]c2ccccc12.CC.NC(CC(=O)O)Cc1c[nH]c2ccccc12. The minimum Gasteiger partial charge on any atom is -0.481 e. The number of H-pyrrole nitrogens is 2. The molecule has 176 valence electrons. The fourth-order valence-corrected chi connectivity index (χ4v) is 3.76. The highest BCUT2D eigenvalue weighted by Crippen LogP contribution is 2.20. The molecule has 33 heavy (non-hydrogen) atoms. The Bertz CT molecular complexity index is 1150. The van der Waals surface area contributed by atoms with Gasteiger partial charge in [-0.25, -0.2) is 0 Å². The predicted octanol–water partition coefficient (Wildman–Crippen LogP) is 5.15. The summed E-state index contributed by atoms with van der Waals surface area (Å²) in [6, 6.07) is 16.0. The molecule has 0 saturated heterocycles. The molecule has 7 N–H and O–H groups in total. The molecule has 0 aliphatic heterocycles. The van der Waals surface area contributed by atoms with Gasteiger partial charge in [0.05, 0.1) is 6.42 Å².